The molecule has 1 saturated carbocycles. The molecule has 0 saturated heterocycles. The molecule has 1 amide bonds. The Morgan fingerprint density at radius 2 is 1.88 bits per heavy atom. The van der Waals surface area contributed by atoms with Crippen LogP contribution < -0.4 is 5.32 Å². The second kappa shape index (κ2) is 6.56. The van der Waals surface area contributed by atoms with E-state index in [-0.39, 0.29) is 5.91 Å². The molecule has 1 aromatic carbocycles. The molecule has 2 atom stereocenters. The van der Waals surface area contributed by atoms with Gasteiger partial charge >= 0.3 is 0 Å². The Balaban J connectivity index is 1.61. The number of carbonyl (C=O) groups is 1. The van der Waals surface area contributed by atoms with Gasteiger partial charge < -0.3 is 5.32 Å². The van der Waals surface area contributed by atoms with E-state index in [4.69, 9.17) is 0 Å². The van der Waals surface area contributed by atoms with Gasteiger partial charge in [0.05, 0.1) is 0 Å². The quantitative estimate of drug-likeness (QED) is 0.509. The van der Waals surface area contributed by atoms with Gasteiger partial charge in [0.2, 0.25) is 11.9 Å². The third kappa shape index (κ3) is 3.88. The summed E-state index contributed by atoms with van der Waals surface area (Å²) >= 11 is 1.44. The number of aryl methyl sites for hydroxylation is 2. The Labute approximate surface area is 143 Å². The Morgan fingerprint density at radius 3 is 2.42 bits per heavy atom. The van der Waals surface area contributed by atoms with Gasteiger partial charge in [0.1, 0.15) is 5.92 Å². The zero-order chi connectivity index (χ0) is 17.3. The van der Waals surface area contributed by atoms with Crippen molar-refractivity contribution in [1.82, 2.24) is 9.97 Å². The van der Waals surface area contributed by atoms with Crippen molar-refractivity contribution in [3.05, 3.63) is 51.8 Å². The number of amides is 1. The van der Waals surface area contributed by atoms with E-state index < -0.39 is 16.9 Å². The fourth-order valence-corrected chi connectivity index (χ4v) is 3.24. The first kappa shape index (κ1) is 16.4. The van der Waals surface area contributed by atoms with Crippen molar-refractivity contribution >= 4 is 23.4 Å². The van der Waals surface area contributed by atoms with E-state index in [1.54, 1.807) is 12.1 Å². The third-order valence-electron chi connectivity index (χ3n) is 3.66. The average molecular weight is 344 g/mol. The lowest BCUT2D eigenvalue weighted by Crippen LogP contribution is -2.18. The maximum absolute atomic E-state index is 11.9. The summed E-state index contributed by atoms with van der Waals surface area (Å²) < 4.78 is 0. The van der Waals surface area contributed by atoms with Crippen LogP contribution in [0.1, 0.15) is 17.8 Å². The molecule has 8 heteroatoms. The van der Waals surface area contributed by atoms with Gasteiger partial charge in [-0.1, -0.05) is 0 Å². The highest BCUT2D eigenvalue weighted by molar-refractivity contribution is 7.99. The van der Waals surface area contributed by atoms with Crippen molar-refractivity contribution in [2.45, 2.75) is 36.4 Å². The van der Waals surface area contributed by atoms with Gasteiger partial charge in [-0.3, -0.25) is 14.9 Å². The zero-order valence-electron chi connectivity index (χ0n) is 13.2. The van der Waals surface area contributed by atoms with Gasteiger partial charge in [-0.15, -0.1) is 0 Å². The van der Waals surface area contributed by atoms with Crippen molar-refractivity contribution < 1.29 is 9.72 Å². The maximum atomic E-state index is 11.9. The van der Waals surface area contributed by atoms with Crippen LogP contribution in [-0.4, -0.2) is 26.8 Å². The second-order valence-electron chi connectivity index (χ2n) is 5.74. The predicted molar refractivity (Wildman–Crippen MR) is 89.6 cm³/mol. The van der Waals surface area contributed by atoms with Crippen LogP contribution in [0.5, 0.6) is 0 Å². The molecule has 1 aromatic heterocycles. The highest BCUT2D eigenvalue weighted by Gasteiger charge is 2.53. The monoisotopic (exact) mass is 344 g/mol. The van der Waals surface area contributed by atoms with E-state index in [1.165, 1.54) is 11.8 Å². The number of rotatable bonds is 5. The number of nitro groups is 1. The van der Waals surface area contributed by atoms with E-state index in [9.17, 15) is 14.9 Å². The Bertz CT molecular complexity index is 774. The van der Waals surface area contributed by atoms with E-state index in [1.807, 2.05) is 32.0 Å². The number of anilines is 1. The van der Waals surface area contributed by atoms with E-state index in [0.717, 1.165) is 16.3 Å². The van der Waals surface area contributed by atoms with E-state index in [2.05, 4.69) is 15.3 Å². The fraction of sp³-hybridized carbons (Fsp3) is 0.312. The van der Waals surface area contributed by atoms with Crippen LogP contribution in [0.3, 0.4) is 0 Å². The molecule has 1 aliphatic carbocycles. The van der Waals surface area contributed by atoms with Crippen LogP contribution >= 0.6 is 11.8 Å². The molecule has 0 aliphatic heterocycles. The molecule has 0 bridgehead atoms. The molecular weight excluding hydrogens is 328 g/mol. The summed E-state index contributed by atoms with van der Waals surface area (Å²) in [5.74, 6) is -0.813. The fourth-order valence-electron chi connectivity index (χ4n) is 2.38. The van der Waals surface area contributed by atoms with E-state index in [0.29, 0.717) is 17.3 Å². The lowest BCUT2D eigenvalue weighted by Gasteiger charge is -2.06. The molecule has 7 nitrogen and oxygen atoms in total. The summed E-state index contributed by atoms with van der Waals surface area (Å²) in [4.78, 5) is 31.8. The van der Waals surface area contributed by atoms with Crippen LogP contribution in [0.15, 0.2) is 40.4 Å². The van der Waals surface area contributed by atoms with Gasteiger partial charge in [0.25, 0.3) is 0 Å². The molecule has 0 unspecified atom stereocenters. The molecule has 3 rings (SSSR count). The van der Waals surface area contributed by atoms with Crippen LogP contribution in [0.2, 0.25) is 0 Å². The molecule has 2 aromatic rings. The predicted octanol–water partition coefficient (Wildman–Crippen LogP) is 2.85. The van der Waals surface area contributed by atoms with Gasteiger partial charge in [0.15, 0.2) is 5.16 Å². The molecular formula is C16H16N4O3S. The summed E-state index contributed by atoms with van der Waals surface area (Å²) in [6.45, 7) is 3.85. The summed E-state index contributed by atoms with van der Waals surface area (Å²) in [5, 5.41) is 14.0. The highest BCUT2D eigenvalue weighted by Crippen LogP contribution is 2.34. The first-order valence-corrected chi connectivity index (χ1v) is 8.28. The minimum atomic E-state index is -0.735. The standard InChI is InChI=1S/C16H16N4O3S/c1-9-7-10(2)18-16(17-9)24-12-5-3-11(4-6-12)19-15(21)13-8-14(13)20(22)23/h3-7,13-14H,8H2,1-2H3,(H,19,21)/t13-,14-/m1/s1. The normalized spacial score (nSPS) is 18.9. The molecule has 1 N–H and O–H groups in total. The van der Waals surface area contributed by atoms with Gasteiger partial charge in [0, 0.05) is 33.3 Å². The topological polar surface area (TPSA) is 98.0 Å². The second-order valence-corrected chi connectivity index (χ2v) is 6.78. The number of benzene rings is 1. The highest BCUT2D eigenvalue weighted by atomic mass is 32.2. The lowest BCUT2D eigenvalue weighted by molar-refractivity contribution is -0.497. The minimum Gasteiger partial charge on any atom is -0.326 e. The van der Waals surface area contributed by atoms with Crippen molar-refractivity contribution in [1.29, 1.82) is 0 Å². The molecule has 124 valence electrons. The summed E-state index contributed by atoms with van der Waals surface area (Å²) in [7, 11) is 0. The molecule has 1 heterocycles. The van der Waals surface area contributed by atoms with Crippen LogP contribution in [0.4, 0.5) is 5.69 Å². The number of nitrogens with one attached hydrogen (secondary N) is 1. The molecule has 24 heavy (non-hydrogen) atoms. The number of nitrogens with zero attached hydrogens (tertiary/aromatic N) is 3. The largest absolute Gasteiger partial charge is 0.326 e. The minimum absolute atomic E-state index is 0.297. The van der Waals surface area contributed by atoms with Crippen molar-refractivity contribution in [3.8, 4) is 0 Å². The van der Waals surface area contributed by atoms with Crippen LogP contribution in [0, 0.1) is 29.9 Å². The smallest absolute Gasteiger partial charge is 0.234 e. The molecule has 1 fully saturated rings. The van der Waals surface area contributed by atoms with Gasteiger partial charge in [-0.25, -0.2) is 9.97 Å². The third-order valence-corrected chi connectivity index (χ3v) is 4.53. The van der Waals surface area contributed by atoms with Gasteiger partial charge in [-0.05, 0) is 55.9 Å². The molecule has 0 spiro atoms. The van der Waals surface area contributed by atoms with Crippen molar-refractivity contribution in [3.63, 3.8) is 0 Å². The number of hydrogen-bond donors (Lipinski definition) is 1. The zero-order valence-corrected chi connectivity index (χ0v) is 14.0. The maximum Gasteiger partial charge on any atom is 0.234 e. The van der Waals surface area contributed by atoms with E-state index >= 15 is 0 Å². The molecule has 1 aliphatic rings. The van der Waals surface area contributed by atoms with Crippen molar-refractivity contribution in [2.24, 2.45) is 5.92 Å². The number of hydrogen-bond acceptors (Lipinski definition) is 6. The Hall–Kier alpha value is -2.48. The average Bonchev–Trinajstić information content (AvgIpc) is 3.29. The lowest BCUT2D eigenvalue weighted by atomic mass is 10.3. The molecule has 0 radical (unpaired) electrons. The summed E-state index contributed by atoms with van der Waals surface area (Å²) in [6.07, 6.45) is 0.316. The van der Waals surface area contributed by atoms with Crippen LogP contribution in [0.25, 0.3) is 0 Å². The summed E-state index contributed by atoms with van der Waals surface area (Å²) in [6, 6.07) is 8.44. The first-order chi connectivity index (χ1) is 11.4. The Morgan fingerprint density at radius 1 is 1.25 bits per heavy atom. The van der Waals surface area contributed by atoms with Crippen LogP contribution in [-0.2, 0) is 4.79 Å². The van der Waals surface area contributed by atoms with Gasteiger partial charge in [-0.2, -0.15) is 0 Å². The summed E-state index contributed by atoms with van der Waals surface area (Å²) in [5.41, 5.74) is 2.46. The SMILES string of the molecule is Cc1cc(C)nc(Sc2ccc(NC(=O)[C@@H]3C[C@H]3[N+](=O)[O-])cc2)n1. The number of aromatic nitrogens is 2. The number of carbonyl (C=O) groups excluding carboxylic acids is 1. The van der Waals surface area contributed by atoms with Crippen molar-refractivity contribution in [2.75, 3.05) is 5.32 Å². The first-order valence-electron chi connectivity index (χ1n) is 7.47. The Kier molecular flexibility index (Phi) is 4.48.